The lowest BCUT2D eigenvalue weighted by molar-refractivity contribution is 0.0518. The van der Waals surface area contributed by atoms with Crippen LogP contribution in [0, 0.1) is 0 Å². The van der Waals surface area contributed by atoms with Crippen LogP contribution >= 0.6 is 15.9 Å². The summed E-state index contributed by atoms with van der Waals surface area (Å²) in [5.74, 6) is -0.400. The molecule has 0 bridgehead atoms. The number of aromatic nitrogens is 3. The average Bonchev–Trinajstić information content (AvgIpc) is 2.85. The van der Waals surface area contributed by atoms with Gasteiger partial charge in [-0.05, 0) is 31.0 Å². The zero-order valence-electron chi connectivity index (χ0n) is 12.2. The topological polar surface area (TPSA) is 57.0 Å². The maximum absolute atomic E-state index is 11.9. The maximum Gasteiger partial charge on any atom is 0.360 e. The van der Waals surface area contributed by atoms with E-state index >= 15 is 0 Å². The molecule has 0 aliphatic rings. The molecular weight excluding hydrogens is 334 g/mol. The largest absolute Gasteiger partial charge is 0.461 e. The Bertz CT molecular complexity index is 608. The van der Waals surface area contributed by atoms with Crippen molar-refractivity contribution in [1.82, 2.24) is 15.0 Å². The normalized spacial score (nSPS) is 10.6. The van der Waals surface area contributed by atoms with Gasteiger partial charge in [0.2, 0.25) is 0 Å². The lowest BCUT2D eigenvalue weighted by Crippen LogP contribution is -2.11. The van der Waals surface area contributed by atoms with Crippen LogP contribution < -0.4 is 0 Å². The molecule has 0 atom stereocenters. The lowest BCUT2D eigenvalue weighted by Gasteiger charge is -2.07. The summed E-state index contributed by atoms with van der Waals surface area (Å²) in [7, 11) is 0. The smallest absolute Gasteiger partial charge is 0.360 e. The van der Waals surface area contributed by atoms with Gasteiger partial charge < -0.3 is 4.74 Å². The highest BCUT2D eigenvalue weighted by Gasteiger charge is 2.20. The number of rotatable bonds is 6. The summed E-state index contributed by atoms with van der Waals surface area (Å²) in [6.07, 6.45) is 1.66. The summed E-state index contributed by atoms with van der Waals surface area (Å²) in [5.41, 5.74) is 2.27. The van der Waals surface area contributed by atoms with Crippen molar-refractivity contribution in [2.45, 2.75) is 33.2 Å². The van der Waals surface area contributed by atoms with E-state index in [1.807, 2.05) is 24.3 Å². The molecule has 0 unspecified atom stereocenters. The predicted octanol–water partition coefficient (Wildman–Crippen LogP) is 3.22. The third-order valence-corrected chi connectivity index (χ3v) is 3.57. The first-order valence-electron chi connectivity index (χ1n) is 6.99. The van der Waals surface area contributed by atoms with Gasteiger partial charge in [0.15, 0.2) is 5.69 Å². The molecule has 2 aromatic rings. The van der Waals surface area contributed by atoms with Crippen LogP contribution in [-0.4, -0.2) is 27.6 Å². The van der Waals surface area contributed by atoms with Crippen LogP contribution in [0.25, 0.3) is 0 Å². The molecule has 0 N–H and O–H groups in total. The van der Waals surface area contributed by atoms with Gasteiger partial charge in [0.1, 0.15) is 0 Å². The summed E-state index contributed by atoms with van der Waals surface area (Å²) < 4.78 is 7.84. The van der Waals surface area contributed by atoms with Crippen LogP contribution in [-0.2, 0) is 17.7 Å². The quantitative estimate of drug-likeness (QED) is 0.749. The minimum absolute atomic E-state index is 0.329. The number of carbonyl (C=O) groups is 1. The summed E-state index contributed by atoms with van der Waals surface area (Å²) in [6, 6.07) is 8.01. The number of ether oxygens (including phenoxy) is 1. The van der Waals surface area contributed by atoms with Gasteiger partial charge in [-0.2, -0.15) is 0 Å². The van der Waals surface area contributed by atoms with E-state index in [1.54, 1.807) is 11.6 Å². The average molecular weight is 352 g/mol. The Morgan fingerprint density at radius 3 is 2.62 bits per heavy atom. The summed E-state index contributed by atoms with van der Waals surface area (Å²) in [5, 5.41) is 8.11. The minimum atomic E-state index is -0.400. The Hall–Kier alpha value is -1.69. The number of benzene rings is 1. The Morgan fingerprint density at radius 1 is 1.29 bits per heavy atom. The Kier molecular flexibility index (Phi) is 5.50. The molecule has 0 saturated carbocycles. The van der Waals surface area contributed by atoms with Crippen molar-refractivity contribution >= 4 is 21.9 Å². The highest BCUT2D eigenvalue weighted by molar-refractivity contribution is 9.10. The van der Waals surface area contributed by atoms with Crippen LogP contribution in [0.2, 0.25) is 0 Å². The van der Waals surface area contributed by atoms with Crippen molar-refractivity contribution in [3.63, 3.8) is 0 Å². The van der Waals surface area contributed by atoms with E-state index in [4.69, 9.17) is 4.74 Å². The van der Waals surface area contributed by atoms with E-state index < -0.39 is 5.97 Å². The number of esters is 1. The minimum Gasteiger partial charge on any atom is -0.461 e. The molecule has 0 amide bonds. The molecule has 21 heavy (non-hydrogen) atoms. The monoisotopic (exact) mass is 351 g/mol. The fourth-order valence-electron chi connectivity index (χ4n) is 2.06. The first-order valence-corrected chi connectivity index (χ1v) is 7.79. The second-order valence-corrected chi connectivity index (χ2v) is 5.56. The molecule has 0 aliphatic carbocycles. The summed E-state index contributed by atoms with van der Waals surface area (Å²) in [6.45, 7) is 4.77. The van der Waals surface area contributed by atoms with Crippen LogP contribution in [0.15, 0.2) is 28.7 Å². The lowest BCUT2D eigenvalue weighted by atomic mass is 10.2. The van der Waals surface area contributed by atoms with Crippen LogP contribution in [0.4, 0.5) is 0 Å². The van der Waals surface area contributed by atoms with Crippen molar-refractivity contribution in [3.05, 3.63) is 45.7 Å². The molecule has 112 valence electrons. The third kappa shape index (κ3) is 3.91. The molecular formula is C15H18BrN3O2. The predicted molar refractivity (Wildman–Crippen MR) is 83.2 cm³/mol. The second-order valence-electron chi connectivity index (χ2n) is 4.64. The van der Waals surface area contributed by atoms with E-state index in [-0.39, 0.29) is 0 Å². The number of carbonyl (C=O) groups excluding carboxylic acids is 1. The van der Waals surface area contributed by atoms with Crippen LogP contribution in [0.3, 0.4) is 0 Å². The number of hydrogen-bond acceptors (Lipinski definition) is 4. The molecule has 0 spiro atoms. The molecule has 0 radical (unpaired) electrons. The zero-order valence-corrected chi connectivity index (χ0v) is 13.8. The Morgan fingerprint density at radius 2 is 2.00 bits per heavy atom. The van der Waals surface area contributed by atoms with Gasteiger partial charge in [-0.15, -0.1) is 5.10 Å². The van der Waals surface area contributed by atoms with Gasteiger partial charge in [0.25, 0.3) is 0 Å². The van der Waals surface area contributed by atoms with Gasteiger partial charge in [0.05, 0.1) is 18.8 Å². The first kappa shape index (κ1) is 15.7. The molecule has 2 rings (SSSR count). The highest BCUT2D eigenvalue weighted by Crippen LogP contribution is 2.15. The van der Waals surface area contributed by atoms with Gasteiger partial charge in [0, 0.05) is 4.47 Å². The van der Waals surface area contributed by atoms with Gasteiger partial charge >= 0.3 is 5.97 Å². The standard InChI is InChI=1S/C15H18BrN3O2/c1-3-5-13-14(15(20)21-4-2)17-18-19(13)10-11-6-8-12(16)9-7-11/h6-9H,3-5,10H2,1-2H3. The zero-order chi connectivity index (χ0) is 15.2. The third-order valence-electron chi connectivity index (χ3n) is 3.04. The molecule has 6 heteroatoms. The molecule has 0 saturated heterocycles. The molecule has 1 heterocycles. The Labute approximate surface area is 132 Å². The fraction of sp³-hybridized carbons (Fsp3) is 0.400. The molecule has 5 nitrogen and oxygen atoms in total. The molecule has 0 aliphatic heterocycles. The molecule has 1 aromatic heterocycles. The van der Waals surface area contributed by atoms with Crippen molar-refractivity contribution < 1.29 is 9.53 Å². The number of nitrogens with zero attached hydrogens (tertiary/aromatic N) is 3. The van der Waals surface area contributed by atoms with Crippen molar-refractivity contribution in [1.29, 1.82) is 0 Å². The highest BCUT2D eigenvalue weighted by atomic mass is 79.9. The Balaban J connectivity index is 2.26. The first-order chi connectivity index (χ1) is 10.2. The van der Waals surface area contributed by atoms with E-state index in [0.29, 0.717) is 18.8 Å². The van der Waals surface area contributed by atoms with Crippen molar-refractivity contribution in [2.24, 2.45) is 0 Å². The van der Waals surface area contributed by atoms with E-state index in [1.165, 1.54) is 0 Å². The summed E-state index contributed by atoms with van der Waals surface area (Å²) >= 11 is 3.41. The van der Waals surface area contributed by atoms with Gasteiger partial charge in [-0.3, -0.25) is 0 Å². The van der Waals surface area contributed by atoms with Crippen LogP contribution in [0.1, 0.15) is 42.0 Å². The van der Waals surface area contributed by atoms with E-state index in [0.717, 1.165) is 28.6 Å². The SMILES string of the molecule is CCCc1c(C(=O)OCC)nnn1Cc1ccc(Br)cc1. The van der Waals surface area contributed by atoms with Gasteiger partial charge in [-0.25, -0.2) is 9.48 Å². The van der Waals surface area contributed by atoms with E-state index in [9.17, 15) is 4.79 Å². The van der Waals surface area contributed by atoms with Crippen LogP contribution in [0.5, 0.6) is 0 Å². The van der Waals surface area contributed by atoms with E-state index in [2.05, 4.69) is 33.2 Å². The van der Waals surface area contributed by atoms with Gasteiger partial charge in [-0.1, -0.05) is 46.6 Å². The number of halogens is 1. The molecule has 1 aromatic carbocycles. The molecule has 0 fully saturated rings. The van der Waals surface area contributed by atoms with Crippen molar-refractivity contribution in [3.8, 4) is 0 Å². The fourth-order valence-corrected chi connectivity index (χ4v) is 2.33. The number of hydrogen-bond donors (Lipinski definition) is 0. The second kappa shape index (κ2) is 7.36. The van der Waals surface area contributed by atoms with Crippen molar-refractivity contribution in [2.75, 3.05) is 6.61 Å². The maximum atomic E-state index is 11.9. The summed E-state index contributed by atoms with van der Waals surface area (Å²) in [4.78, 5) is 11.9.